The smallest absolute Gasteiger partial charge is 0.0237 e. The lowest BCUT2D eigenvalue weighted by Gasteiger charge is -2.35. The molecule has 0 saturated heterocycles. The number of rotatable bonds is 2. The lowest BCUT2D eigenvalue weighted by Crippen LogP contribution is -2.37. The highest BCUT2D eigenvalue weighted by atomic mass is 15.1. The first-order valence-corrected chi connectivity index (χ1v) is 7.00. The molecule has 2 aliphatic rings. The Morgan fingerprint density at radius 2 is 2.06 bits per heavy atom. The molecular formula is C16H23N. The zero-order valence-electron chi connectivity index (χ0n) is 11.3. The maximum absolute atomic E-state index is 2.61. The highest BCUT2D eigenvalue weighted by molar-refractivity contribution is 5.44. The zero-order valence-corrected chi connectivity index (χ0v) is 11.3. The van der Waals surface area contributed by atoms with Crippen LogP contribution in [0.4, 0.5) is 0 Å². The molecule has 1 spiro atoms. The van der Waals surface area contributed by atoms with Crippen molar-refractivity contribution in [1.82, 2.24) is 4.90 Å². The zero-order chi connectivity index (χ0) is 12.0. The van der Waals surface area contributed by atoms with E-state index in [4.69, 9.17) is 0 Å². The van der Waals surface area contributed by atoms with E-state index < -0.39 is 0 Å². The van der Waals surface area contributed by atoms with E-state index in [-0.39, 0.29) is 0 Å². The van der Waals surface area contributed by atoms with E-state index in [0.29, 0.717) is 11.3 Å². The molecule has 1 heteroatoms. The molecule has 1 nitrogen and oxygen atoms in total. The SMILES string of the molecule is CCN1Cc2cc(C(C)C)ccc2C2(CC2)C1. The van der Waals surface area contributed by atoms with Gasteiger partial charge in [0.15, 0.2) is 0 Å². The molecule has 0 radical (unpaired) electrons. The Bertz CT molecular complexity index is 429. The summed E-state index contributed by atoms with van der Waals surface area (Å²) in [6.45, 7) is 10.5. The Morgan fingerprint density at radius 3 is 2.65 bits per heavy atom. The fourth-order valence-corrected chi connectivity index (χ4v) is 3.23. The van der Waals surface area contributed by atoms with Gasteiger partial charge in [0.25, 0.3) is 0 Å². The molecule has 1 aromatic rings. The van der Waals surface area contributed by atoms with Gasteiger partial charge in [-0.05, 0) is 42.0 Å². The van der Waals surface area contributed by atoms with Crippen LogP contribution in [0.2, 0.25) is 0 Å². The van der Waals surface area contributed by atoms with Gasteiger partial charge in [-0.2, -0.15) is 0 Å². The predicted molar refractivity (Wildman–Crippen MR) is 72.4 cm³/mol. The highest BCUT2D eigenvalue weighted by Gasteiger charge is 2.48. The van der Waals surface area contributed by atoms with E-state index in [2.05, 4.69) is 43.9 Å². The Kier molecular flexibility index (Phi) is 2.55. The molecule has 17 heavy (non-hydrogen) atoms. The van der Waals surface area contributed by atoms with Crippen LogP contribution in [0.1, 0.15) is 56.2 Å². The summed E-state index contributed by atoms with van der Waals surface area (Å²) >= 11 is 0. The third-order valence-electron chi connectivity index (χ3n) is 4.59. The van der Waals surface area contributed by atoms with E-state index in [1.54, 1.807) is 11.1 Å². The number of hydrogen-bond donors (Lipinski definition) is 0. The monoisotopic (exact) mass is 229 g/mol. The van der Waals surface area contributed by atoms with Crippen LogP contribution in [0.25, 0.3) is 0 Å². The number of hydrogen-bond acceptors (Lipinski definition) is 1. The van der Waals surface area contributed by atoms with Gasteiger partial charge >= 0.3 is 0 Å². The summed E-state index contributed by atoms with van der Waals surface area (Å²) in [5.74, 6) is 0.646. The van der Waals surface area contributed by atoms with Gasteiger partial charge in [-0.15, -0.1) is 0 Å². The van der Waals surface area contributed by atoms with E-state index in [9.17, 15) is 0 Å². The number of nitrogens with zero attached hydrogens (tertiary/aromatic N) is 1. The van der Waals surface area contributed by atoms with Crippen LogP contribution in [0, 0.1) is 0 Å². The molecule has 1 heterocycles. The topological polar surface area (TPSA) is 3.24 Å². The Hall–Kier alpha value is -0.820. The van der Waals surface area contributed by atoms with Gasteiger partial charge < -0.3 is 0 Å². The van der Waals surface area contributed by atoms with Crippen LogP contribution < -0.4 is 0 Å². The average molecular weight is 229 g/mol. The van der Waals surface area contributed by atoms with Gasteiger partial charge in [-0.1, -0.05) is 39.0 Å². The molecular weight excluding hydrogens is 206 g/mol. The third kappa shape index (κ3) is 1.81. The fraction of sp³-hybridized carbons (Fsp3) is 0.625. The predicted octanol–water partition coefficient (Wildman–Crippen LogP) is 3.68. The summed E-state index contributed by atoms with van der Waals surface area (Å²) < 4.78 is 0. The molecule has 0 amide bonds. The second-order valence-corrected chi connectivity index (χ2v) is 6.15. The van der Waals surface area contributed by atoms with Crippen molar-refractivity contribution in [2.45, 2.75) is 51.5 Å². The minimum absolute atomic E-state index is 0.541. The second-order valence-electron chi connectivity index (χ2n) is 6.15. The summed E-state index contributed by atoms with van der Waals surface area (Å²) in [4.78, 5) is 2.61. The standard InChI is InChI=1S/C16H23N/c1-4-17-10-14-9-13(12(2)3)5-6-15(14)16(11-17)7-8-16/h5-6,9,12H,4,7-8,10-11H2,1-3H3. The highest BCUT2D eigenvalue weighted by Crippen LogP contribution is 2.52. The summed E-state index contributed by atoms with van der Waals surface area (Å²) in [6, 6.07) is 7.23. The van der Waals surface area contributed by atoms with Crippen LogP contribution in [0.5, 0.6) is 0 Å². The fourth-order valence-electron chi connectivity index (χ4n) is 3.23. The van der Waals surface area contributed by atoms with Crippen molar-refractivity contribution in [3.63, 3.8) is 0 Å². The molecule has 92 valence electrons. The molecule has 1 saturated carbocycles. The van der Waals surface area contributed by atoms with Gasteiger partial charge in [0.1, 0.15) is 0 Å². The number of fused-ring (bicyclic) bond motifs is 2. The largest absolute Gasteiger partial charge is 0.298 e. The van der Waals surface area contributed by atoms with Crippen molar-refractivity contribution in [2.75, 3.05) is 13.1 Å². The lowest BCUT2D eigenvalue weighted by atomic mass is 9.84. The van der Waals surface area contributed by atoms with Crippen molar-refractivity contribution >= 4 is 0 Å². The molecule has 1 aliphatic heterocycles. The summed E-state index contributed by atoms with van der Waals surface area (Å²) in [5, 5.41) is 0. The van der Waals surface area contributed by atoms with Crippen molar-refractivity contribution in [2.24, 2.45) is 0 Å². The van der Waals surface area contributed by atoms with Crippen LogP contribution in [0.15, 0.2) is 18.2 Å². The Balaban J connectivity index is 2.01. The van der Waals surface area contributed by atoms with Crippen LogP contribution >= 0.6 is 0 Å². The van der Waals surface area contributed by atoms with Crippen molar-refractivity contribution < 1.29 is 0 Å². The molecule has 1 aromatic carbocycles. The molecule has 1 aliphatic carbocycles. The molecule has 0 atom stereocenters. The maximum Gasteiger partial charge on any atom is 0.0237 e. The summed E-state index contributed by atoms with van der Waals surface area (Å²) in [6.07, 6.45) is 2.80. The first-order chi connectivity index (χ1) is 8.14. The molecule has 0 N–H and O–H groups in total. The lowest BCUT2D eigenvalue weighted by molar-refractivity contribution is 0.233. The summed E-state index contributed by atoms with van der Waals surface area (Å²) in [5.41, 5.74) is 5.30. The van der Waals surface area contributed by atoms with Crippen LogP contribution in [-0.2, 0) is 12.0 Å². The van der Waals surface area contributed by atoms with E-state index in [1.165, 1.54) is 31.5 Å². The third-order valence-corrected chi connectivity index (χ3v) is 4.59. The minimum Gasteiger partial charge on any atom is -0.298 e. The number of benzene rings is 1. The van der Waals surface area contributed by atoms with Crippen molar-refractivity contribution in [3.8, 4) is 0 Å². The normalized spacial score (nSPS) is 21.9. The van der Waals surface area contributed by atoms with Crippen LogP contribution in [-0.4, -0.2) is 18.0 Å². The van der Waals surface area contributed by atoms with E-state index >= 15 is 0 Å². The molecule has 0 aromatic heterocycles. The maximum atomic E-state index is 2.61. The summed E-state index contributed by atoms with van der Waals surface area (Å²) in [7, 11) is 0. The van der Waals surface area contributed by atoms with Gasteiger partial charge in [0, 0.05) is 18.5 Å². The van der Waals surface area contributed by atoms with Gasteiger partial charge in [0.2, 0.25) is 0 Å². The van der Waals surface area contributed by atoms with Gasteiger partial charge in [0.05, 0.1) is 0 Å². The van der Waals surface area contributed by atoms with Crippen LogP contribution in [0.3, 0.4) is 0 Å². The Labute approximate surface area is 105 Å². The Morgan fingerprint density at radius 1 is 1.29 bits per heavy atom. The molecule has 0 bridgehead atoms. The molecule has 0 unspecified atom stereocenters. The molecule has 3 rings (SSSR count). The van der Waals surface area contributed by atoms with E-state index in [0.717, 1.165) is 6.54 Å². The van der Waals surface area contributed by atoms with E-state index in [1.807, 2.05) is 0 Å². The molecule has 1 fully saturated rings. The quantitative estimate of drug-likeness (QED) is 0.748. The van der Waals surface area contributed by atoms with Crippen molar-refractivity contribution in [3.05, 3.63) is 34.9 Å². The van der Waals surface area contributed by atoms with Gasteiger partial charge in [-0.25, -0.2) is 0 Å². The van der Waals surface area contributed by atoms with Gasteiger partial charge in [-0.3, -0.25) is 4.90 Å². The first-order valence-electron chi connectivity index (χ1n) is 7.00. The first kappa shape index (κ1) is 11.3. The average Bonchev–Trinajstić information content (AvgIpc) is 3.08. The number of likely N-dealkylation sites (N-methyl/N-ethyl adjacent to an activating group) is 1. The van der Waals surface area contributed by atoms with Crippen molar-refractivity contribution in [1.29, 1.82) is 0 Å². The second kappa shape index (κ2) is 3.84. The minimum atomic E-state index is 0.541.